The zero-order valence-corrected chi connectivity index (χ0v) is 17.9. The second-order valence-electron chi connectivity index (χ2n) is 5.38. The summed E-state index contributed by atoms with van der Waals surface area (Å²) in [5.74, 6) is 0. The molecule has 0 fully saturated rings. The Morgan fingerprint density at radius 3 is 0.833 bits per heavy atom. The predicted octanol–water partition coefficient (Wildman–Crippen LogP) is 4.83. The Labute approximate surface area is 173 Å². The average molecular weight is 423 g/mol. The van der Waals surface area contributed by atoms with Gasteiger partial charge in [0.1, 0.15) is 0 Å². The van der Waals surface area contributed by atoms with E-state index >= 15 is 0 Å². The molecule has 0 aliphatic heterocycles. The zero-order valence-electron chi connectivity index (χ0n) is 15.1. The standard InChI is InChI=1S/C16H35N.5O.2V/c1-2-3-4-5-6-7-8-9-10-11-12-13-14-15-16-17;;;;;;;/h2-17H2,1H3;;;;;;;/q;5*-2;;. The van der Waals surface area contributed by atoms with Crippen LogP contribution in [-0.4, -0.2) is 6.54 Å². The maximum absolute atomic E-state index is 5.47. The van der Waals surface area contributed by atoms with Crippen LogP contribution in [0.15, 0.2) is 0 Å². The molecule has 0 saturated carbocycles. The number of nitrogens with two attached hydrogens (primary N) is 1. The second kappa shape index (κ2) is 49.6. The van der Waals surface area contributed by atoms with E-state index in [0.717, 1.165) is 6.54 Å². The largest absolute Gasteiger partial charge is 2.00 e. The number of hydrogen-bond donors (Lipinski definition) is 1. The SMILES string of the molecule is CCCCCCCCCCCCCCCCN.[O-2].[O-2].[O-2].[O-2].[O-2].[V].[V]. The average Bonchev–Trinajstić information content (AvgIpc) is 2.35. The Morgan fingerprint density at radius 1 is 0.417 bits per heavy atom. The summed E-state index contributed by atoms with van der Waals surface area (Å²) in [6.07, 6.45) is 19.9. The third kappa shape index (κ3) is 49.5. The van der Waals surface area contributed by atoms with Crippen molar-refractivity contribution < 1.29 is 64.5 Å². The first-order valence-corrected chi connectivity index (χ1v) is 8.12. The van der Waals surface area contributed by atoms with E-state index in [0.29, 0.717) is 0 Å². The Bertz CT molecular complexity index is 136. The van der Waals surface area contributed by atoms with Gasteiger partial charge in [-0.25, -0.2) is 0 Å². The van der Waals surface area contributed by atoms with Crippen LogP contribution in [0.1, 0.15) is 96.8 Å². The van der Waals surface area contributed by atoms with E-state index in [1.807, 2.05) is 0 Å². The fraction of sp³-hybridized carbons (Fsp3) is 1.00. The van der Waals surface area contributed by atoms with Crippen LogP contribution in [0, 0.1) is 0 Å². The van der Waals surface area contributed by atoms with Gasteiger partial charge in [-0.1, -0.05) is 90.4 Å². The molecule has 2 N–H and O–H groups in total. The molecule has 2 radical (unpaired) electrons. The van der Waals surface area contributed by atoms with Crippen molar-refractivity contribution in [3.05, 3.63) is 0 Å². The first kappa shape index (κ1) is 49.8. The third-order valence-corrected chi connectivity index (χ3v) is 3.56. The first-order valence-electron chi connectivity index (χ1n) is 8.12. The van der Waals surface area contributed by atoms with E-state index in [1.54, 1.807) is 0 Å². The van der Waals surface area contributed by atoms with Gasteiger partial charge in [-0.3, -0.25) is 0 Å². The number of rotatable bonds is 14. The summed E-state index contributed by atoms with van der Waals surface area (Å²) in [7, 11) is 0. The molecule has 154 valence electrons. The van der Waals surface area contributed by atoms with Gasteiger partial charge in [-0.2, -0.15) is 0 Å². The van der Waals surface area contributed by atoms with Gasteiger partial charge in [0.25, 0.3) is 0 Å². The van der Waals surface area contributed by atoms with E-state index in [4.69, 9.17) is 5.73 Å². The van der Waals surface area contributed by atoms with Gasteiger partial charge < -0.3 is 33.1 Å². The minimum atomic E-state index is 0. The first-order chi connectivity index (χ1) is 8.41. The van der Waals surface area contributed by atoms with Gasteiger partial charge in [0.2, 0.25) is 0 Å². The Kier molecular flexibility index (Phi) is 103. The summed E-state index contributed by atoms with van der Waals surface area (Å²) in [5.41, 5.74) is 5.47. The van der Waals surface area contributed by atoms with Crippen LogP contribution in [0.4, 0.5) is 0 Å². The molecule has 0 aliphatic carbocycles. The summed E-state index contributed by atoms with van der Waals surface area (Å²) in [6, 6.07) is 0. The molecule has 0 rings (SSSR count). The van der Waals surface area contributed by atoms with Crippen LogP contribution < -0.4 is 5.73 Å². The molecule has 8 heteroatoms. The summed E-state index contributed by atoms with van der Waals surface area (Å²) < 4.78 is 0. The number of hydrogen-bond acceptors (Lipinski definition) is 1. The van der Waals surface area contributed by atoms with Crippen molar-refractivity contribution in [1.82, 2.24) is 0 Å². The van der Waals surface area contributed by atoms with E-state index in [-0.39, 0.29) is 64.5 Å². The molecule has 0 atom stereocenters. The van der Waals surface area contributed by atoms with Crippen LogP contribution in [0.3, 0.4) is 0 Å². The van der Waals surface area contributed by atoms with Gasteiger partial charge in [-0.15, -0.1) is 0 Å². The van der Waals surface area contributed by atoms with Crippen molar-refractivity contribution in [2.75, 3.05) is 6.54 Å². The molecule has 24 heavy (non-hydrogen) atoms. The molecular formula is C16H35NO5V2-10. The molecule has 0 aromatic carbocycles. The molecule has 0 saturated heterocycles. The van der Waals surface area contributed by atoms with Crippen molar-refractivity contribution in [2.24, 2.45) is 5.73 Å². The maximum atomic E-state index is 5.47. The normalized spacial score (nSPS) is 7.75. The molecule has 0 amide bonds. The molecule has 0 aromatic heterocycles. The van der Waals surface area contributed by atoms with Crippen molar-refractivity contribution in [1.29, 1.82) is 0 Å². The Hall–Kier alpha value is 0.929. The topological polar surface area (TPSA) is 169 Å². The van der Waals surface area contributed by atoms with Crippen molar-refractivity contribution in [3.63, 3.8) is 0 Å². The molecule has 0 bridgehead atoms. The Morgan fingerprint density at radius 2 is 0.625 bits per heavy atom. The minimum Gasteiger partial charge on any atom is -2.00 e. The van der Waals surface area contributed by atoms with Crippen LogP contribution in [0.5, 0.6) is 0 Å². The van der Waals surface area contributed by atoms with Crippen LogP contribution in [0.2, 0.25) is 0 Å². The summed E-state index contributed by atoms with van der Waals surface area (Å²) in [5, 5.41) is 0. The molecule has 6 nitrogen and oxygen atoms in total. The van der Waals surface area contributed by atoms with Gasteiger partial charge in [0.15, 0.2) is 0 Å². The van der Waals surface area contributed by atoms with E-state index in [9.17, 15) is 0 Å². The molecule has 0 heterocycles. The van der Waals surface area contributed by atoms with Crippen LogP contribution in [0.25, 0.3) is 0 Å². The van der Waals surface area contributed by atoms with Gasteiger partial charge in [0, 0.05) is 37.1 Å². The van der Waals surface area contributed by atoms with Crippen LogP contribution in [-0.2, 0) is 64.5 Å². The molecule has 0 unspecified atom stereocenters. The van der Waals surface area contributed by atoms with Gasteiger partial charge in [0.05, 0.1) is 0 Å². The summed E-state index contributed by atoms with van der Waals surface area (Å²) in [6.45, 7) is 3.16. The molecule has 0 aliphatic rings. The van der Waals surface area contributed by atoms with Crippen LogP contribution >= 0.6 is 0 Å². The number of unbranched alkanes of at least 4 members (excludes halogenated alkanes) is 13. The van der Waals surface area contributed by atoms with Gasteiger partial charge in [-0.05, 0) is 13.0 Å². The summed E-state index contributed by atoms with van der Waals surface area (Å²) >= 11 is 0. The molecule has 0 aromatic rings. The molecule has 0 spiro atoms. The maximum Gasteiger partial charge on any atom is 0 e. The van der Waals surface area contributed by atoms with E-state index < -0.39 is 0 Å². The monoisotopic (exact) mass is 423 g/mol. The molecular weight excluding hydrogens is 388 g/mol. The smallest absolute Gasteiger partial charge is 0 e. The quantitative estimate of drug-likeness (QED) is 0.388. The van der Waals surface area contributed by atoms with Crippen molar-refractivity contribution in [2.45, 2.75) is 96.8 Å². The van der Waals surface area contributed by atoms with Crippen molar-refractivity contribution >= 4 is 0 Å². The van der Waals surface area contributed by atoms with E-state index in [1.165, 1.54) is 89.9 Å². The fourth-order valence-corrected chi connectivity index (χ4v) is 2.34. The zero-order chi connectivity index (χ0) is 12.6. The van der Waals surface area contributed by atoms with E-state index in [2.05, 4.69) is 6.92 Å². The van der Waals surface area contributed by atoms with Crippen molar-refractivity contribution in [3.8, 4) is 0 Å². The fourth-order valence-electron chi connectivity index (χ4n) is 2.34. The van der Waals surface area contributed by atoms with Gasteiger partial charge >= 0.3 is 0 Å². The minimum absolute atomic E-state index is 0. The predicted molar refractivity (Wildman–Crippen MR) is 82.8 cm³/mol. The Balaban J connectivity index is -0.0000000610. The summed E-state index contributed by atoms with van der Waals surface area (Å²) in [4.78, 5) is 0. The second-order valence-corrected chi connectivity index (χ2v) is 5.38. The third-order valence-electron chi connectivity index (χ3n) is 3.56.